The molecule has 0 aliphatic carbocycles. The molecule has 1 N–H and O–H groups in total. The molecule has 2 rings (SSSR count). The van der Waals surface area contributed by atoms with Gasteiger partial charge in [0.15, 0.2) is 0 Å². The van der Waals surface area contributed by atoms with Gasteiger partial charge in [-0.1, -0.05) is 12.1 Å². The molecule has 1 aliphatic rings. The number of amides is 2. The van der Waals surface area contributed by atoms with E-state index in [0.717, 1.165) is 18.7 Å². The van der Waals surface area contributed by atoms with Crippen molar-refractivity contribution in [2.75, 3.05) is 33.2 Å². The highest BCUT2D eigenvalue weighted by molar-refractivity contribution is 5.78. The average molecular weight is 386 g/mol. The molecule has 0 saturated carbocycles. The van der Waals surface area contributed by atoms with Gasteiger partial charge in [0.1, 0.15) is 5.60 Å². The largest absolute Gasteiger partial charge is 0.444 e. The van der Waals surface area contributed by atoms with Crippen LogP contribution in [0.5, 0.6) is 0 Å². The fraction of sp³-hybridized carbons (Fsp3) is 0.571. The van der Waals surface area contributed by atoms with Crippen molar-refractivity contribution in [3.63, 3.8) is 0 Å². The van der Waals surface area contributed by atoms with E-state index in [0.29, 0.717) is 25.1 Å². The van der Waals surface area contributed by atoms with Crippen molar-refractivity contribution < 1.29 is 14.3 Å². The Kier molecular flexibility index (Phi) is 7.41. The molecule has 152 valence electrons. The first-order valence-electron chi connectivity index (χ1n) is 9.61. The maximum absolute atomic E-state index is 12.7. The van der Waals surface area contributed by atoms with Crippen molar-refractivity contribution in [2.24, 2.45) is 0 Å². The molecule has 1 heterocycles. The Morgan fingerprint density at radius 2 is 1.79 bits per heavy atom. The van der Waals surface area contributed by atoms with Crippen molar-refractivity contribution in [3.8, 4) is 6.07 Å². The second-order valence-corrected chi connectivity index (χ2v) is 8.24. The van der Waals surface area contributed by atoms with E-state index in [9.17, 15) is 9.59 Å². The smallest absolute Gasteiger partial charge is 0.407 e. The number of nitriles is 1. The van der Waals surface area contributed by atoms with Crippen LogP contribution in [-0.4, -0.2) is 66.7 Å². The Morgan fingerprint density at radius 3 is 2.32 bits per heavy atom. The maximum Gasteiger partial charge on any atom is 0.407 e. The van der Waals surface area contributed by atoms with E-state index >= 15 is 0 Å². The van der Waals surface area contributed by atoms with Crippen LogP contribution in [0.25, 0.3) is 0 Å². The summed E-state index contributed by atoms with van der Waals surface area (Å²) in [6.45, 7) is 8.51. The van der Waals surface area contributed by atoms with Gasteiger partial charge in [-0.15, -0.1) is 0 Å². The molecule has 0 bridgehead atoms. The fourth-order valence-corrected chi connectivity index (χ4v) is 3.04. The number of hydrogen-bond acceptors (Lipinski definition) is 5. The van der Waals surface area contributed by atoms with Crippen molar-refractivity contribution in [2.45, 2.75) is 45.3 Å². The molecule has 1 saturated heterocycles. The third-order valence-electron chi connectivity index (χ3n) is 4.56. The SMILES string of the molecule is CN1CCN(C(=O)C[C@@H](Cc2ccc(C#N)cc2)NC(=O)OC(C)(C)C)CC1. The molecule has 1 aromatic carbocycles. The molecule has 7 nitrogen and oxygen atoms in total. The molecular formula is C21H30N4O3. The van der Waals surface area contributed by atoms with E-state index in [1.807, 2.05) is 24.1 Å². The topological polar surface area (TPSA) is 85.7 Å². The summed E-state index contributed by atoms with van der Waals surface area (Å²) >= 11 is 0. The highest BCUT2D eigenvalue weighted by atomic mass is 16.6. The van der Waals surface area contributed by atoms with E-state index < -0.39 is 11.7 Å². The summed E-state index contributed by atoms with van der Waals surface area (Å²) in [5.74, 6) is 0.0304. The zero-order valence-corrected chi connectivity index (χ0v) is 17.2. The molecule has 1 aromatic rings. The predicted molar refractivity (Wildman–Crippen MR) is 107 cm³/mol. The Morgan fingerprint density at radius 1 is 1.18 bits per heavy atom. The molecule has 7 heteroatoms. The van der Waals surface area contributed by atoms with E-state index in [2.05, 4.69) is 16.3 Å². The Balaban J connectivity index is 2.04. The number of hydrogen-bond donors (Lipinski definition) is 1. The second kappa shape index (κ2) is 9.56. The zero-order chi connectivity index (χ0) is 20.7. The van der Waals surface area contributed by atoms with Gasteiger partial charge in [0.05, 0.1) is 11.6 Å². The van der Waals surface area contributed by atoms with E-state index in [4.69, 9.17) is 10.00 Å². The van der Waals surface area contributed by atoms with Crippen LogP contribution in [0.2, 0.25) is 0 Å². The van der Waals surface area contributed by atoms with Crippen molar-refractivity contribution in [1.29, 1.82) is 5.26 Å². The summed E-state index contributed by atoms with van der Waals surface area (Å²) in [7, 11) is 2.04. The lowest BCUT2D eigenvalue weighted by Gasteiger charge is -2.33. The van der Waals surface area contributed by atoms with Gasteiger partial charge in [-0.2, -0.15) is 5.26 Å². The number of piperazine rings is 1. The van der Waals surface area contributed by atoms with Gasteiger partial charge in [0.2, 0.25) is 5.91 Å². The molecule has 0 aromatic heterocycles. The number of alkyl carbamates (subject to hydrolysis) is 1. The molecule has 1 aliphatic heterocycles. The van der Waals surface area contributed by atoms with Crippen LogP contribution in [0, 0.1) is 11.3 Å². The molecule has 0 unspecified atom stereocenters. The zero-order valence-electron chi connectivity index (χ0n) is 17.2. The number of likely N-dealkylation sites (N-methyl/N-ethyl adjacent to an activating group) is 1. The van der Waals surface area contributed by atoms with Crippen LogP contribution >= 0.6 is 0 Å². The highest BCUT2D eigenvalue weighted by Crippen LogP contribution is 2.13. The Bertz CT molecular complexity index is 711. The van der Waals surface area contributed by atoms with Crippen molar-refractivity contribution >= 4 is 12.0 Å². The molecule has 0 radical (unpaired) electrons. The minimum absolute atomic E-state index is 0.0304. The van der Waals surface area contributed by atoms with Crippen LogP contribution in [0.1, 0.15) is 38.3 Å². The number of carbonyl (C=O) groups is 2. The Hall–Kier alpha value is -2.59. The van der Waals surface area contributed by atoms with Crippen LogP contribution < -0.4 is 5.32 Å². The number of rotatable bonds is 5. The Labute approximate surface area is 167 Å². The van der Waals surface area contributed by atoms with Gasteiger partial charge in [-0.25, -0.2) is 4.79 Å². The summed E-state index contributed by atoms with van der Waals surface area (Å²) in [5, 5.41) is 11.8. The first kappa shape index (κ1) is 21.7. The first-order valence-corrected chi connectivity index (χ1v) is 9.61. The number of nitrogens with one attached hydrogen (secondary N) is 1. The minimum Gasteiger partial charge on any atom is -0.444 e. The summed E-state index contributed by atoms with van der Waals surface area (Å²) in [4.78, 5) is 29.0. The molecule has 2 amide bonds. The molecule has 1 atom stereocenters. The molecular weight excluding hydrogens is 356 g/mol. The lowest BCUT2D eigenvalue weighted by molar-refractivity contribution is -0.133. The summed E-state index contributed by atoms with van der Waals surface area (Å²) in [6, 6.07) is 8.89. The van der Waals surface area contributed by atoms with E-state index in [1.165, 1.54) is 0 Å². The fourth-order valence-electron chi connectivity index (χ4n) is 3.04. The van der Waals surface area contributed by atoms with Gasteiger partial charge in [-0.05, 0) is 51.9 Å². The quantitative estimate of drug-likeness (QED) is 0.838. The van der Waals surface area contributed by atoms with E-state index in [1.54, 1.807) is 32.9 Å². The lowest BCUT2D eigenvalue weighted by atomic mass is 10.0. The third-order valence-corrected chi connectivity index (χ3v) is 4.56. The molecule has 28 heavy (non-hydrogen) atoms. The van der Waals surface area contributed by atoms with Gasteiger partial charge >= 0.3 is 6.09 Å². The van der Waals surface area contributed by atoms with Crippen LogP contribution in [-0.2, 0) is 16.0 Å². The van der Waals surface area contributed by atoms with Crippen molar-refractivity contribution in [1.82, 2.24) is 15.1 Å². The standard InChI is InChI=1S/C21H30N4O3/c1-21(2,3)28-20(27)23-18(13-16-5-7-17(15-22)8-6-16)14-19(26)25-11-9-24(4)10-12-25/h5-8,18H,9-14H2,1-4H3,(H,23,27)/t18-/m1/s1. The summed E-state index contributed by atoms with van der Waals surface area (Å²) in [5.41, 5.74) is 0.921. The van der Waals surface area contributed by atoms with Crippen LogP contribution in [0.4, 0.5) is 4.79 Å². The first-order chi connectivity index (χ1) is 13.2. The second-order valence-electron chi connectivity index (χ2n) is 8.24. The van der Waals surface area contributed by atoms with E-state index in [-0.39, 0.29) is 18.4 Å². The number of nitrogens with zero attached hydrogens (tertiary/aromatic N) is 3. The van der Waals surface area contributed by atoms with Crippen LogP contribution in [0.3, 0.4) is 0 Å². The number of carbonyl (C=O) groups excluding carboxylic acids is 2. The van der Waals surface area contributed by atoms with Crippen LogP contribution in [0.15, 0.2) is 24.3 Å². The normalized spacial score (nSPS) is 16.2. The number of benzene rings is 1. The molecule has 1 fully saturated rings. The lowest BCUT2D eigenvalue weighted by Crippen LogP contribution is -2.49. The predicted octanol–water partition coefficient (Wildman–Crippen LogP) is 2.16. The maximum atomic E-state index is 12.7. The minimum atomic E-state index is -0.607. The third kappa shape index (κ3) is 7.20. The van der Waals surface area contributed by atoms with Crippen molar-refractivity contribution in [3.05, 3.63) is 35.4 Å². The summed E-state index contributed by atoms with van der Waals surface area (Å²) in [6.07, 6.45) is 0.172. The average Bonchev–Trinajstić information content (AvgIpc) is 2.61. The van der Waals surface area contributed by atoms with Gasteiger partial charge < -0.3 is 19.9 Å². The van der Waals surface area contributed by atoms with Gasteiger partial charge in [0, 0.05) is 38.6 Å². The summed E-state index contributed by atoms with van der Waals surface area (Å²) < 4.78 is 5.36. The van der Waals surface area contributed by atoms with Gasteiger partial charge in [0.25, 0.3) is 0 Å². The van der Waals surface area contributed by atoms with Gasteiger partial charge in [-0.3, -0.25) is 4.79 Å². The molecule has 0 spiro atoms. The highest BCUT2D eigenvalue weighted by Gasteiger charge is 2.25. The monoisotopic (exact) mass is 386 g/mol. The number of ether oxygens (including phenoxy) is 1.